The highest BCUT2D eigenvalue weighted by Gasteiger charge is 2.48. The fourth-order valence-corrected chi connectivity index (χ4v) is 2.11. The molecule has 0 amide bonds. The number of methoxy groups -OCH3 is 1. The minimum Gasteiger partial charge on any atom is -0.494 e. The van der Waals surface area contributed by atoms with Crippen LogP contribution in [0.25, 0.3) is 5.76 Å². The summed E-state index contributed by atoms with van der Waals surface area (Å²) in [5.41, 5.74) is 0.854. The lowest BCUT2D eigenvalue weighted by molar-refractivity contribution is -0.135. The second-order valence-corrected chi connectivity index (χ2v) is 6.04. The van der Waals surface area contributed by atoms with Crippen LogP contribution in [0.4, 0.5) is 0 Å². The summed E-state index contributed by atoms with van der Waals surface area (Å²) in [6.45, 7) is 6.56. The Morgan fingerprint density at radius 2 is 1.92 bits per heavy atom. The number of carbonyl (C=O) groups is 1. The van der Waals surface area contributed by atoms with E-state index in [9.17, 15) is 4.79 Å². The molecule has 0 saturated carbocycles. The van der Waals surface area contributed by atoms with Crippen molar-refractivity contribution in [1.29, 1.82) is 0 Å². The van der Waals surface area contributed by atoms with Gasteiger partial charge in [0.15, 0.2) is 0 Å². The molecule has 2 rings (SSSR count). The number of rotatable bonds is 8. The summed E-state index contributed by atoms with van der Waals surface area (Å²) in [7, 11) is 1.33. The van der Waals surface area contributed by atoms with Gasteiger partial charge in [-0.1, -0.05) is 30.3 Å². The van der Waals surface area contributed by atoms with Gasteiger partial charge in [0, 0.05) is 5.56 Å². The maximum Gasteiger partial charge on any atom is 0.333 e. The number of hydrogen-bond acceptors (Lipinski definition) is 5. The van der Waals surface area contributed by atoms with Crippen LogP contribution in [0.3, 0.4) is 0 Å². The number of epoxide rings is 1. The van der Waals surface area contributed by atoms with E-state index < -0.39 is 5.97 Å². The summed E-state index contributed by atoms with van der Waals surface area (Å²) >= 11 is 0. The highest BCUT2D eigenvalue weighted by Crippen LogP contribution is 2.36. The molecule has 0 spiro atoms. The third-order valence-corrected chi connectivity index (χ3v) is 3.71. The summed E-state index contributed by atoms with van der Waals surface area (Å²) in [5, 5.41) is 0. The van der Waals surface area contributed by atoms with Gasteiger partial charge in [-0.15, -0.1) is 0 Å². The lowest BCUT2D eigenvalue weighted by Crippen LogP contribution is -2.10. The smallest absolute Gasteiger partial charge is 0.333 e. The molecule has 1 aromatic carbocycles. The summed E-state index contributed by atoms with van der Waals surface area (Å²) in [4.78, 5) is 11.2. The van der Waals surface area contributed by atoms with Crippen molar-refractivity contribution in [3.05, 3.63) is 53.8 Å². The van der Waals surface area contributed by atoms with E-state index in [-0.39, 0.29) is 11.7 Å². The number of ether oxygens (including phenoxy) is 4. The number of carbonyl (C=O) groups excluding carboxylic acids is 1. The summed E-state index contributed by atoms with van der Waals surface area (Å²) in [5.74, 6) is 0.772. The zero-order valence-corrected chi connectivity index (χ0v) is 14.6. The van der Waals surface area contributed by atoms with Gasteiger partial charge in [0.25, 0.3) is 0 Å². The molecule has 0 bridgehead atoms. The molecular formula is C19H24O5. The van der Waals surface area contributed by atoms with Gasteiger partial charge >= 0.3 is 5.97 Å². The van der Waals surface area contributed by atoms with Crippen LogP contribution in [0.15, 0.2) is 48.2 Å². The van der Waals surface area contributed by atoms with Crippen molar-refractivity contribution in [3.63, 3.8) is 0 Å². The van der Waals surface area contributed by atoms with Crippen molar-refractivity contribution in [2.24, 2.45) is 0 Å². The van der Waals surface area contributed by atoms with Crippen molar-refractivity contribution in [1.82, 2.24) is 0 Å². The van der Waals surface area contributed by atoms with Gasteiger partial charge in [-0.2, -0.15) is 0 Å². The van der Waals surface area contributed by atoms with Crippen LogP contribution in [-0.4, -0.2) is 38.0 Å². The van der Waals surface area contributed by atoms with Gasteiger partial charge in [0.05, 0.1) is 18.8 Å². The van der Waals surface area contributed by atoms with Gasteiger partial charge in [-0.05, 0) is 26.8 Å². The standard InChI is InChI=1S/C19H24O5/c1-14(12-18(20)21-4)22-11-10-16(15-8-6-5-7-9-15)23-13-17-19(2,3)24-17/h5-10,12,17H,11,13H2,1-4H3/b14-12+,16-10+/t17-/m1/s1. The van der Waals surface area contributed by atoms with Crippen molar-refractivity contribution in [2.45, 2.75) is 32.5 Å². The van der Waals surface area contributed by atoms with E-state index in [0.29, 0.717) is 19.0 Å². The van der Waals surface area contributed by atoms with Crippen LogP contribution in [0.1, 0.15) is 26.3 Å². The van der Waals surface area contributed by atoms with Crippen molar-refractivity contribution in [2.75, 3.05) is 20.3 Å². The number of esters is 1. The molecule has 5 heteroatoms. The fraction of sp³-hybridized carbons (Fsp3) is 0.421. The van der Waals surface area contributed by atoms with Gasteiger partial charge < -0.3 is 18.9 Å². The van der Waals surface area contributed by atoms with E-state index in [1.54, 1.807) is 6.92 Å². The molecule has 1 atom stereocenters. The molecule has 1 aromatic rings. The van der Waals surface area contributed by atoms with E-state index in [2.05, 4.69) is 4.74 Å². The fourth-order valence-electron chi connectivity index (χ4n) is 2.11. The Morgan fingerprint density at radius 3 is 2.50 bits per heavy atom. The van der Waals surface area contributed by atoms with E-state index >= 15 is 0 Å². The first-order valence-electron chi connectivity index (χ1n) is 7.87. The lowest BCUT2D eigenvalue weighted by Gasteiger charge is -2.11. The first-order valence-corrected chi connectivity index (χ1v) is 7.87. The molecule has 24 heavy (non-hydrogen) atoms. The number of allylic oxidation sites excluding steroid dienone is 1. The van der Waals surface area contributed by atoms with Crippen LogP contribution in [0.2, 0.25) is 0 Å². The zero-order chi connectivity index (χ0) is 17.6. The topological polar surface area (TPSA) is 57.3 Å². The van der Waals surface area contributed by atoms with Crippen molar-refractivity contribution >= 4 is 11.7 Å². The van der Waals surface area contributed by atoms with Crippen molar-refractivity contribution in [3.8, 4) is 0 Å². The molecule has 1 heterocycles. The highest BCUT2D eigenvalue weighted by atomic mass is 16.6. The molecule has 130 valence electrons. The van der Waals surface area contributed by atoms with E-state index in [4.69, 9.17) is 14.2 Å². The summed E-state index contributed by atoms with van der Waals surface area (Å²) < 4.78 is 21.5. The van der Waals surface area contributed by atoms with Crippen LogP contribution in [0, 0.1) is 0 Å². The Bertz CT molecular complexity index is 616. The Morgan fingerprint density at radius 1 is 1.25 bits per heavy atom. The van der Waals surface area contributed by atoms with Gasteiger partial charge in [-0.3, -0.25) is 0 Å². The molecular weight excluding hydrogens is 308 g/mol. The van der Waals surface area contributed by atoms with Crippen molar-refractivity contribution < 1.29 is 23.7 Å². The maximum atomic E-state index is 11.2. The predicted octanol–water partition coefficient (Wildman–Crippen LogP) is 3.31. The molecule has 0 unspecified atom stereocenters. The molecule has 0 radical (unpaired) electrons. The Kier molecular flexibility index (Phi) is 6.04. The number of benzene rings is 1. The van der Waals surface area contributed by atoms with Gasteiger partial charge in [0.2, 0.25) is 0 Å². The molecule has 1 aliphatic rings. The molecule has 1 fully saturated rings. The monoisotopic (exact) mass is 332 g/mol. The van der Waals surface area contributed by atoms with Crippen LogP contribution < -0.4 is 0 Å². The summed E-state index contributed by atoms with van der Waals surface area (Å²) in [6, 6.07) is 9.80. The van der Waals surface area contributed by atoms with E-state index in [1.165, 1.54) is 13.2 Å². The maximum absolute atomic E-state index is 11.2. The van der Waals surface area contributed by atoms with Crippen LogP contribution in [0.5, 0.6) is 0 Å². The Hall–Kier alpha value is -2.27. The lowest BCUT2D eigenvalue weighted by atomic mass is 10.1. The molecule has 5 nitrogen and oxygen atoms in total. The molecule has 1 aliphatic heterocycles. The molecule has 0 aliphatic carbocycles. The first-order chi connectivity index (χ1) is 11.4. The summed E-state index contributed by atoms with van der Waals surface area (Å²) in [6.07, 6.45) is 3.25. The Labute approximate surface area is 142 Å². The normalized spacial score (nSPS) is 19.6. The second-order valence-electron chi connectivity index (χ2n) is 6.04. The minimum atomic E-state index is -0.441. The predicted molar refractivity (Wildman–Crippen MR) is 91.0 cm³/mol. The Balaban J connectivity index is 1.97. The van der Waals surface area contributed by atoms with Gasteiger partial charge in [-0.25, -0.2) is 4.79 Å². The van der Waals surface area contributed by atoms with Crippen LogP contribution >= 0.6 is 0 Å². The highest BCUT2D eigenvalue weighted by molar-refractivity contribution is 5.82. The average molecular weight is 332 g/mol. The van der Waals surface area contributed by atoms with E-state index in [0.717, 1.165) is 11.3 Å². The van der Waals surface area contributed by atoms with Gasteiger partial charge in [0.1, 0.15) is 30.8 Å². The zero-order valence-electron chi connectivity index (χ0n) is 14.6. The molecule has 1 saturated heterocycles. The second kappa shape index (κ2) is 8.02. The average Bonchev–Trinajstić information content (AvgIpc) is 3.18. The quantitative estimate of drug-likeness (QED) is 0.316. The minimum absolute atomic E-state index is 0.103. The third-order valence-electron chi connectivity index (χ3n) is 3.71. The van der Waals surface area contributed by atoms with E-state index in [1.807, 2.05) is 50.3 Å². The molecule has 0 aromatic heterocycles. The first kappa shape index (κ1) is 18.1. The third kappa shape index (κ3) is 5.42. The van der Waals surface area contributed by atoms with Crippen LogP contribution in [-0.2, 0) is 23.7 Å². The number of hydrogen-bond donors (Lipinski definition) is 0. The molecule has 0 N–H and O–H groups in total. The SMILES string of the molecule is COC(=O)/C=C(\C)OC/C=C(/OC[C@H]1OC1(C)C)c1ccccc1. The largest absolute Gasteiger partial charge is 0.494 e.